The first-order valence-electron chi connectivity index (χ1n) is 8.92. The van der Waals surface area contributed by atoms with E-state index >= 15 is 0 Å². The first kappa shape index (κ1) is 17.6. The molecule has 0 aliphatic carbocycles. The van der Waals surface area contributed by atoms with Gasteiger partial charge in [-0.1, -0.05) is 36.4 Å². The van der Waals surface area contributed by atoms with E-state index in [1.54, 1.807) is 37.6 Å². The monoisotopic (exact) mass is 366 g/mol. The molecule has 0 unspecified atom stereocenters. The fourth-order valence-corrected chi connectivity index (χ4v) is 3.01. The molecule has 0 saturated heterocycles. The van der Waals surface area contributed by atoms with Crippen molar-refractivity contribution in [1.29, 1.82) is 0 Å². The lowest BCUT2D eigenvalue weighted by atomic mass is 10.0. The first-order chi connectivity index (χ1) is 13.7. The first-order valence-corrected chi connectivity index (χ1v) is 8.92. The van der Waals surface area contributed by atoms with Crippen LogP contribution in [-0.4, -0.2) is 22.9 Å². The molecule has 2 aromatic carbocycles. The Hall–Kier alpha value is -3.79. The zero-order valence-electron chi connectivity index (χ0n) is 15.4. The SMILES string of the molecule is COc1ccc(-c2cc3ccccc3nc2/C=C/C(=O)c2ccccn2)cc1. The standard InChI is InChI=1S/C24H18N2O2/c1-28-19-11-9-17(10-12-19)20-16-18-6-2-3-7-21(18)26-22(20)13-14-24(27)23-8-4-5-15-25-23/h2-16H,1H3/b14-13+. The number of hydrogen-bond donors (Lipinski definition) is 0. The molecule has 28 heavy (non-hydrogen) atoms. The number of rotatable bonds is 5. The summed E-state index contributed by atoms with van der Waals surface area (Å²) in [4.78, 5) is 21.3. The van der Waals surface area contributed by atoms with Gasteiger partial charge >= 0.3 is 0 Å². The second-order valence-corrected chi connectivity index (χ2v) is 6.25. The highest BCUT2D eigenvalue weighted by molar-refractivity contribution is 6.06. The van der Waals surface area contributed by atoms with Gasteiger partial charge in [0.25, 0.3) is 0 Å². The minimum absolute atomic E-state index is 0.156. The third kappa shape index (κ3) is 3.67. The molecule has 0 bridgehead atoms. The van der Waals surface area contributed by atoms with Crippen molar-refractivity contribution in [2.24, 2.45) is 0 Å². The lowest BCUT2D eigenvalue weighted by molar-refractivity contribution is 0.104. The van der Waals surface area contributed by atoms with Gasteiger partial charge in [0.1, 0.15) is 11.4 Å². The minimum atomic E-state index is -0.156. The number of carbonyl (C=O) groups excluding carboxylic acids is 1. The molecule has 4 rings (SSSR count). The van der Waals surface area contributed by atoms with Crippen molar-refractivity contribution < 1.29 is 9.53 Å². The number of nitrogens with zero attached hydrogens (tertiary/aromatic N) is 2. The van der Waals surface area contributed by atoms with Gasteiger partial charge in [-0.25, -0.2) is 4.98 Å². The number of carbonyl (C=O) groups is 1. The Morgan fingerprint density at radius 2 is 1.75 bits per heavy atom. The number of methoxy groups -OCH3 is 1. The van der Waals surface area contributed by atoms with Crippen LogP contribution in [0.3, 0.4) is 0 Å². The number of benzene rings is 2. The van der Waals surface area contributed by atoms with Crippen molar-refractivity contribution in [3.05, 3.63) is 96.5 Å². The second-order valence-electron chi connectivity index (χ2n) is 6.25. The Labute approximate surface area is 163 Å². The predicted molar refractivity (Wildman–Crippen MR) is 111 cm³/mol. The lowest BCUT2D eigenvalue weighted by Crippen LogP contribution is -1.97. The van der Waals surface area contributed by atoms with Crippen LogP contribution in [0, 0.1) is 0 Å². The number of hydrogen-bond acceptors (Lipinski definition) is 4. The van der Waals surface area contributed by atoms with E-state index in [0.29, 0.717) is 5.69 Å². The fourth-order valence-electron chi connectivity index (χ4n) is 3.01. The average molecular weight is 366 g/mol. The topological polar surface area (TPSA) is 52.1 Å². The maximum absolute atomic E-state index is 12.4. The predicted octanol–water partition coefficient (Wildman–Crippen LogP) is 5.20. The molecule has 2 aromatic heterocycles. The summed E-state index contributed by atoms with van der Waals surface area (Å²) in [6.45, 7) is 0. The zero-order chi connectivity index (χ0) is 19.3. The molecule has 4 aromatic rings. The van der Waals surface area contributed by atoms with Crippen LogP contribution in [0.4, 0.5) is 0 Å². The molecule has 0 aliphatic heterocycles. The molecular formula is C24H18N2O2. The van der Waals surface area contributed by atoms with E-state index in [1.165, 1.54) is 6.08 Å². The van der Waals surface area contributed by atoms with Crippen molar-refractivity contribution >= 4 is 22.8 Å². The number of ether oxygens (including phenoxy) is 1. The van der Waals surface area contributed by atoms with Crippen molar-refractivity contribution in [3.63, 3.8) is 0 Å². The lowest BCUT2D eigenvalue weighted by Gasteiger charge is -2.09. The van der Waals surface area contributed by atoms with Crippen molar-refractivity contribution in [2.75, 3.05) is 7.11 Å². The number of ketones is 1. The maximum atomic E-state index is 12.4. The summed E-state index contributed by atoms with van der Waals surface area (Å²) in [5, 5.41) is 1.04. The molecule has 0 fully saturated rings. The quantitative estimate of drug-likeness (QED) is 0.360. The van der Waals surface area contributed by atoms with Gasteiger partial charge in [0.2, 0.25) is 5.78 Å². The van der Waals surface area contributed by atoms with E-state index < -0.39 is 0 Å². The van der Waals surface area contributed by atoms with Gasteiger partial charge in [-0.3, -0.25) is 9.78 Å². The number of pyridine rings is 2. The Morgan fingerprint density at radius 1 is 0.964 bits per heavy atom. The Kier molecular flexibility index (Phi) is 4.93. The van der Waals surface area contributed by atoms with Crippen LogP contribution >= 0.6 is 0 Å². The van der Waals surface area contributed by atoms with Gasteiger partial charge in [-0.2, -0.15) is 0 Å². The van der Waals surface area contributed by atoms with E-state index in [4.69, 9.17) is 9.72 Å². The van der Waals surface area contributed by atoms with Crippen LogP contribution in [0.2, 0.25) is 0 Å². The number of aromatic nitrogens is 2. The second kappa shape index (κ2) is 7.84. The van der Waals surface area contributed by atoms with Gasteiger partial charge in [0, 0.05) is 17.1 Å². The molecule has 0 amide bonds. The average Bonchev–Trinajstić information content (AvgIpc) is 2.77. The third-order valence-corrected chi connectivity index (χ3v) is 4.46. The van der Waals surface area contributed by atoms with Crippen molar-refractivity contribution in [2.45, 2.75) is 0 Å². The molecule has 0 atom stereocenters. The smallest absolute Gasteiger partial charge is 0.204 e. The van der Waals surface area contributed by atoms with Crippen LogP contribution in [0.1, 0.15) is 16.2 Å². The van der Waals surface area contributed by atoms with Crippen LogP contribution in [-0.2, 0) is 0 Å². The molecule has 0 radical (unpaired) electrons. The molecule has 4 nitrogen and oxygen atoms in total. The largest absolute Gasteiger partial charge is 0.497 e. The molecule has 0 N–H and O–H groups in total. The number of allylic oxidation sites excluding steroid dienone is 1. The van der Waals surface area contributed by atoms with Crippen LogP contribution < -0.4 is 4.74 Å². The van der Waals surface area contributed by atoms with E-state index in [2.05, 4.69) is 11.1 Å². The molecule has 2 heterocycles. The van der Waals surface area contributed by atoms with E-state index in [0.717, 1.165) is 33.5 Å². The van der Waals surface area contributed by atoms with Crippen LogP contribution in [0.15, 0.2) is 85.1 Å². The fraction of sp³-hybridized carbons (Fsp3) is 0.0417. The molecule has 0 aliphatic rings. The van der Waals surface area contributed by atoms with Crippen LogP contribution in [0.5, 0.6) is 5.75 Å². The van der Waals surface area contributed by atoms with Gasteiger partial charge in [0.05, 0.1) is 18.3 Å². The summed E-state index contributed by atoms with van der Waals surface area (Å²) in [6, 6.07) is 23.1. The zero-order valence-corrected chi connectivity index (χ0v) is 15.4. The molecule has 0 saturated carbocycles. The molecule has 0 spiro atoms. The number of para-hydroxylation sites is 1. The summed E-state index contributed by atoms with van der Waals surface area (Å²) < 4.78 is 5.25. The van der Waals surface area contributed by atoms with Gasteiger partial charge in [-0.15, -0.1) is 0 Å². The Balaban J connectivity index is 1.78. The Morgan fingerprint density at radius 3 is 2.50 bits per heavy atom. The van der Waals surface area contributed by atoms with Crippen molar-refractivity contribution in [3.8, 4) is 16.9 Å². The highest BCUT2D eigenvalue weighted by atomic mass is 16.5. The van der Waals surface area contributed by atoms with E-state index in [1.807, 2.05) is 48.5 Å². The minimum Gasteiger partial charge on any atom is -0.497 e. The number of fused-ring (bicyclic) bond motifs is 1. The van der Waals surface area contributed by atoms with Gasteiger partial charge in [-0.05, 0) is 54.1 Å². The van der Waals surface area contributed by atoms with E-state index in [9.17, 15) is 4.79 Å². The van der Waals surface area contributed by atoms with Gasteiger partial charge in [0.15, 0.2) is 0 Å². The summed E-state index contributed by atoms with van der Waals surface area (Å²) in [5.74, 6) is 0.635. The third-order valence-electron chi connectivity index (χ3n) is 4.46. The normalized spacial score (nSPS) is 11.0. The maximum Gasteiger partial charge on any atom is 0.204 e. The van der Waals surface area contributed by atoms with Crippen molar-refractivity contribution in [1.82, 2.24) is 9.97 Å². The summed E-state index contributed by atoms with van der Waals surface area (Å²) in [7, 11) is 1.64. The molecule has 136 valence electrons. The highest BCUT2D eigenvalue weighted by Gasteiger charge is 2.09. The highest BCUT2D eigenvalue weighted by Crippen LogP contribution is 2.29. The summed E-state index contributed by atoms with van der Waals surface area (Å²) in [6.07, 6.45) is 4.88. The van der Waals surface area contributed by atoms with E-state index in [-0.39, 0.29) is 5.78 Å². The molecular weight excluding hydrogens is 348 g/mol. The Bertz CT molecular complexity index is 1150. The van der Waals surface area contributed by atoms with Crippen LogP contribution in [0.25, 0.3) is 28.1 Å². The molecule has 4 heteroatoms. The van der Waals surface area contributed by atoms with Gasteiger partial charge < -0.3 is 4.74 Å². The summed E-state index contributed by atoms with van der Waals surface area (Å²) >= 11 is 0. The summed E-state index contributed by atoms with van der Waals surface area (Å²) in [5.41, 5.74) is 3.97.